The molecule has 5 heteroatoms. The monoisotopic (exact) mass is 243 g/mol. The average molecular weight is 243 g/mol. The van der Waals surface area contributed by atoms with E-state index < -0.39 is 0 Å². The first-order valence-electron chi connectivity index (χ1n) is 5.38. The number of hydrogen-bond donors (Lipinski definition) is 1. The maximum Gasteiger partial charge on any atom is 0.161 e. The molecule has 5 nitrogen and oxygen atoms in total. The van der Waals surface area contributed by atoms with Gasteiger partial charge < -0.3 is 14.5 Å². The fourth-order valence-electron chi connectivity index (χ4n) is 1.69. The van der Waals surface area contributed by atoms with Crippen molar-refractivity contribution in [3.8, 4) is 29.0 Å². The first-order chi connectivity index (χ1) is 8.69. The number of aryl methyl sites for hydroxylation is 1. The van der Waals surface area contributed by atoms with Gasteiger partial charge in [0.25, 0.3) is 0 Å². The van der Waals surface area contributed by atoms with Crippen LogP contribution in [0.25, 0.3) is 11.4 Å². The second-order valence-electron chi connectivity index (χ2n) is 3.74. The number of aromatic nitrogens is 2. The zero-order valence-electron chi connectivity index (χ0n) is 10.4. The summed E-state index contributed by atoms with van der Waals surface area (Å²) in [5, 5.41) is 8.88. The Hall–Kier alpha value is -2.48. The van der Waals surface area contributed by atoms with Crippen molar-refractivity contribution in [3.05, 3.63) is 29.6 Å². The van der Waals surface area contributed by atoms with Crippen molar-refractivity contribution in [1.29, 1.82) is 5.26 Å². The van der Waals surface area contributed by atoms with Gasteiger partial charge in [0.05, 0.1) is 19.9 Å². The molecule has 92 valence electrons. The molecule has 2 aromatic rings. The normalized spacial score (nSPS) is 9.89. The lowest BCUT2D eigenvalue weighted by atomic mass is 10.2. The molecule has 0 bridgehead atoms. The minimum atomic E-state index is 0.403. The van der Waals surface area contributed by atoms with Crippen LogP contribution < -0.4 is 9.47 Å². The van der Waals surface area contributed by atoms with Crippen LogP contribution in [0, 0.1) is 18.3 Å². The molecule has 0 aliphatic carbocycles. The van der Waals surface area contributed by atoms with E-state index in [0.29, 0.717) is 23.0 Å². The highest BCUT2D eigenvalue weighted by molar-refractivity contribution is 5.62. The van der Waals surface area contributed by atoms with E-state index in [1.165, 1.54) is 0 Å². The summed E-state index contributed by atoms with van der Waals surface area (Å²) in [6.45, 7) is 1.82. The summed E-state index contributed by atoms with van der Waals surface area (Å²) >= 11 is 0. The Bertz CT molecular complexity index is 611. The van der Waals surface area contributed by atoms with Gasteiger partial charge in [0.15, 0.2) is 17.2 Å². The van der Waals surface area contributed by atoms with E-state index in [9.17, 15) is 0 Å². The van der Waals surface area contributed by atoms with Crippen molar-refractivity contribution in [3.63, 3.8) is 0 Å². The highest BCUT2D eigenvalue weighted by atomic mass is 16.5. The van der Waals surface area contributed by atoms with Crippen LogP contribution in [0.4, 0.5) is 0 Å². The van der Waals surface area contributed by atoms with Crippen LogP contribution in [0.3, 0.4) is 0 Å². The molecule has 0 atom stereocenters. The predicted octanol–water partition coefficient (Wildman–Crippen LogP) is 2.27. The molecule has 1 aromatic carbocycles. The molecule has 0 spiro atoms. The number of hydrogen-bond acceptors (Lipinski definition) is 4. The predicted molar refractivity (Wildman–Crippen MR) is 66.6 cm³/mol. The van der Waals surface area contributed by atoms with E-state index >= 15 is 0 Å². The SMILES string of the molecule is COc1ccc(-c2nc(C#N)c(C)[nH]2)cc1OC. The highest BCUT2D eigenvalue weighted by Gasteiger charge is 2.11. The molecular formula is C13H13N3O2. The van der Waals surface area contributed by atoms with Crippen LogP contribution in [-0.2, 0) is 0 Å². The number of ether oxygens (including phenoxy) is 2. The van der Waals surface area contributed by atoms with Crippen molar-refractivity contribution >= 4 is 0 Å². The minimum absolute atomic E-state index is 0.403. The van der Waals surface area contributed by atoms with Crippen molar-refractivity contribution in [1.82, 2.24) is 9.97 Å². The topological polar surface area (TPSA) is 70.9 Å². The largest absolute Gasteiger partial charge is 0.493 e. The second kappa shape index (κ2) is 4.80. The molecule has 0 unspecified atom stereocenters. The average Bonchev–Trinajstić information content (AvgIpc) is 2.79. The molecule has 0 amide bonds. The lowest BCUT2D eigenvalue weighted by Crippen LogP contribution is -1.91. The zero-order valence-corrected chi connectivity index (χ0v) is 10.4. The number of methoxy groups -OCH3 is 2. The van der Waals surface area contributed by atoms with Crippen molar-refractivity contribution < 1.29 is 9.47 Å². The van der Waals surface area contributed by atoms with E-state index in [0.717, 1.165) is 11.3 Å². The van der Waals surface area contributed by atoms with Crippen LogP contribution in [-0.4, -0.2) is 24.2 Å². The van der Waals surface area contributed by atoms with Gasteiger partial charge in [-0.05, 0) is 25.1 Å². The Kier molecular flexibility index (Phi) is 3.20. The van der Waals surface area contributed by atoms with E-state index in [1.54, 1.807) is 20.3 Å². The Morgan fingerprint density at radius 2 is 1.94 bits per heavy atom. The van der Waals surface area contributed by atoms with Crippen LogP contribution in [0.2, 0.25) is 0 Å². The summed E-state index contributed by atoms with van der Waals surface area (Å²) in [7, 11) is 3.16. The molecular weight excluding hydrogens is 230 g/mol. The molecule has 0 fully saturated rings. The molecule has 0 saturated heterocycles. The van der Waals surface area contributed by atoms with Crippen LogP contribution in [0.1, 0.15) is 11.4 Å². The van der Waals surface area contributed by atoms with Gasteiger partial charge in [-0.15, -0.1) is 0 Å². The standard InChI is InChI=1S/C13H13N3O2/c1-8-10(7-14)16-13(15-8)9-4-5-11(17-2)12(6-9)18-3/h4-6H,1-3H3,(H,15,16). The maximum atomic E-state index is 8.88. The van der Waals surface area contributed by atoms with Gasteiger partial charge in [-0.1, -0.05) is 0 Å². The van der Waals surface area contributed by atoms with E-state index in [2.05, 4.69) is 9.97 Å². The number of nitrogens with zero attached hydrogens (tertiary/aromatic N) is 2. The van der Waals surface area contributed by atoms with Gasteiger partial charge in [0.1, 0.15) is 11.9 Å². The number of H-pyrrole nitrogens is 1. The third-order valence-corrected chi connectivity index (χ3v) is 2.65. The molecule has 0 radical (unpaired) electrons. The molecule has 0 aliphatic heterocycles. The molecule has 0 aliphatic rings. The smallest absolute Gasteiger partial charge is 0.161 e. The van der Waals surface area contributed by atoms with Crippen LogP contribution >= 0.6 is 0 Å². The van der Waals surface area contributed by atoms with E-state index in [-0.39, 0.29) is 0 Å². The third-order valence-electron chi connectivity index (χ3n) is 2.65. The van der Waals surface area contributed by atoms with E-state index in [1.807, 2.05) is 25.1 Å². The first kappa shape index (κ1) is 12.0. The van der Waals surface area contributed by atoms with Gasteiger partial charge in [-0.3, -0.25) is 0 Å². The summed E-state index contributed by atoms with van der Waals surface area (Å²) in [6.07, 6.45) is 0. The Labute approximate surface area is 105 Å². The number of nitriles is 1. The highest BCUT2D eigenvalue weighted by Crippen LogP contribution is 2.31. The third kappa shape index (κ3) is 2.00. The van der Waals surface area contributed by atoms with Crippen LogP contribution in [0.5, 0.6) is 11.5 Å². The quantitative estimate of drug-likeness (QED) is 0.897. The zero-order chi connectivity index (χ0) is 13.1. The van der Waals surface area contributed by atoms with Gasteiger partial charge >= 0.3 is 0 Å². The molecule has 18 heavy (non-hydrogen) atoms. The lowest BCUT2D eigenvalue weighted by molar-refractivity contribution is 0.355. The summed E-state index contributed by atoms with van der Waals surface area (Å²) in [5.74, 6) is 1.93. The van der Waals surface area contributed by atoms with Gasteiger partial charge in [0.2, 0.25) is 0 Å². The summed E-state index contributed by atoms with van der Waals surface area (Å²) in [4.78, 5) is 7.29. The maximum absolute atomic E-state index is 8.88. The van der Waals surface area contributed by atoms with Crippen molar-refractivity contribution in [2.45, 2.75) is 6.92 Å². The number of nitrogens with one attached hydrogen (secondary N) is 1. The fourth-order valence-corrected chi connectivity index (χ4v) is 1.69. The summed E-state index contributed by atoms with van der Waals surface area (Å²) < 4.78 is 10.4. The molecule has 1 heterocycles. The Morgan fingerprint density at radius 1 is 1.22 bits per heavy atom. The van der Waals surface area contributed by atoms with Gasteiger partial charge in [-0.2, -0.15) is 5.26 Å². The van der Waals surface area contributed by atoms with Crippen LogP contribution in [0.15, 0.2) is 18.2 Å². The van der Waals surface area contributed by atoms with Crippen molar-refractivity contribution in [2.75, 3.05) is 14.2 Å². The van der Waals surface area contributed by atoms with Crippen molar-refractivity contribution in [2.24, 2.45) is 0 Å². The lowest BCUT2D eigenvalue weighted by Gasteiger charge is -2.08. The molecule has 2 rings (SSSR count). The molecule has 0 saturated carbocycles. The second-order valence-corrected chi connectivity index (χ2v) is 3.74. The minimum Gasteiger partial charge on any atom is -0.493 e. The number of aromatic amines is 1. The Morgan fingerprint density at radius 3 is 2.50 bits per heavy atom. The fraction of sp³-hybridized carbons (Fsp3) is 0.231. The van der Waals surface area contributed by atoms with Gasteiger partial charge in [0, 0.05) is 5.56 Å². The van der Waals surface area contributed by atoms with Gasteiger partial charge in [-0.25, -0.2) is 4.98 Å². The first-order valence-corrected chi connectivity index (χ1v) is 5.38. The summed E-state index contributed by atoms with van der Waals surface area (Å²) in [6, 6.07) is 7.52. The number of benzene rings is 1. The number of imidazole rings is 1. The Balaban J connectivity index is 2.48. The van der Waals surface area contributed by atoms with E-state index in [4.69, 9.17) is 14.7 Å². The summed E-state index contributed by atoms with van der Waals surface area (Å²) in [5.41, 5.74) is 2.00. The number of rotatable bonds is 3. The molecule has 1 N–H and O–H groups in total. The molecule has 1 aromatic heterocycles.